The Morgan fingerprint density at radius 1 is 1.36 bits per heavy atom. The molecule has 0 spiro atoms. The summed E-state index contributed by atoms with van der Waals surface area (Å²) in [5.41, 5.74) is 3.85. The van der Waals surface area contributed by atoms with Crippen LogP contribution >= 0.6 is 0 Å². The monoisotopic (exact) mass is 335 g/mol. The van der Waals surface area contributed by atoms with Crippen molar-refractivity contribution in [2.45, 2.75) is 19.3 Å². The average molecular weight is 335 g/mol. The van der Waals surface area contributed by atoms with Crippen LogP contribution in [0.15, 0.2) is 36.5 Å². The predicted molar refractivity (Wildman–Crippen MR) is 94.3 cm³/mol. The first-order valence-corrected chi connectivity index (χ1v) is 8.02. The van der Waals surface area contributed by atoms with Crippen molar-refractivity contribution in [1.29, 1.82) is 0 Å². The third kappa shape index (κ3) is 2.63. The van der Waals surface area contributed by atoms with E-state index in [1.807, 2.05) is 44.3 Å². The van der Waals surface area contributed by atoms with Gasteiger partial charge in [-0.2, -0.15) is 5.10 Å². The molecule has 0 aliphatic carbocycles. The zero-order chi connectivity index (χ0) is 17.6. The number of carbonyl (C=O) groups is 2. The summed E-state index contributed by atoms with van der Waals surface area (Å²) in [5.74, 6) is -0.833. The highest BCUT2D eigenvalue weighted by molar-refractivity contribution is 6.06. The number of rotatable bonds is 3. The molecule has 0 saturated heterocycles. The van der Waals surface area contributed by atoms with Gasteiger partial charge >= 0.3 is 0 Å². The second-order valence-electron chi connectivity index (χ2n) is 6.19. The van der Waals surface area contributed by atoms with Crippen LogP contribution < -0.4 is 10.6 Å². The van der Waals surface area contributed by atoms with Crippen LogP contribution in [0.4, 0.5) is 11.4 Å². The summed E-state index contributed by atoms with van der Waals surface area (Å²) in [6, 6.07) is 9.29. The van der Waals surface area contributed by atoms with Gasteiger partial charge in [0.05, 0.1) is 23.5 Å². The highest BCUT2D eigenvalue weighted by Gasteiger charge is 2.31. The molecular formula is C18H17N5O2. The maximum atomic E-state index is 12.4. The topological polar surface area (TPSA) is 88.9 Å². The van der Waals surface area contributed by atoms with Gasteiger partial charge in [0, 0.05) is 24.5 Å². The number of nitrogens with one attached hydrogen (secondary N) is 2. The fourth-order valence-electron chi connectivity index (χ4n) is 3.25. The van der Waals surface area contributed by atoms with Crippen LogP contribution in [0, 0.1) is 6.92 Å². The van der Waals surface area contributed by atoms with Crippen LogP contribution in [0.5, 0.6) is 0 Å². The fraction of sp³-hybridized carbons (Fsp3) is 0.222. The van der Waals surface area contributed by atoms with Crippen molar-refractivity contribution >= 4 is 34.2 Å². The first-order chi connectivity index (χ1) is 12.0. The SMILES string of the molecule is Cc1nn(C)c2ncc(NC(=O)CC3C(=O)Nc4ccccc43)cc12. The number of nitrogens with zero attached hydrogens (tertiary/aromatic N) is 3. The van der Waals surface area contributed by atoms with Crippen molar-refractivity contribution in [1.82, 2.24) is 14.8 Å². The summed E-state index contributed by atoms with van der Waals surface area (Å²) in [7, 11) is 1.83. The zero-order valence-electron chi connectivity index (χ0n) is 13.9. The second kappa shape index (κ2) is 5.70. The minimum atomic E-state index is -0.465. The molecule has 7 nitrogen and oxygen atoms in total. The van der Waals surface area contributed by atoms with Crippen molar-refractivity contribution in [2.24, 2.45) is 7.05 Å². The maximum absolute atomic E-state index is 12.4. The molecule has 2 N–H and O–H groups in total. The molecule has 4 rings (SSSR count). The van der Waals surface area contributed by atoms with Crippen LogP contribution in [0.3, 0.4) is 0 Å². The Bertz CT molecular complexity index is 1010. The van der Waals surface area contributed by atoms with Gasteiger partial charge in [-0.05, 0) is 24.6 Å². The lowest BCUT2D eigenvalue weighted by Gasteiger charge is -2.09. The van der Waals surface area contributed by atoms with Crippen LogP contribution in [0.1, 0.15) is 23.6 Å². The number of aryl methyl sites for hydroxylation is 2. The number of pyridine rings is 1. The Morgan fingerprint density at radius 3 is 3.00 bits per heavy atom. The summed E-state index contributed by atoms with van der Waals surface area (Å²) in [6.45, 7) is 1.90. The number of carbonyl (C=O) groups excluding carboxylic acids is 2. The Balaban J connectivity index is 1.53. The van der Waals surface area contributed by atoms with Gasteiger partial charge in [-0.3, -0.25) is 14.3 Å². The minimum Gasteiger partial charge on any atom is -0.325 e. The van der Waals surface area contributed by atoms with E-state index in [0.717, 1.165) is 28.0 Å². The number of hydrogen-bond donors (Lipinski definition) is 2. The van der Waals surface area contributed by atoms with Crippen molar-refractivity contribution in [2.75, 3.05) is 10.6 Å². The largest absolute Gasteiger partial charge is 0.325 e. The van der Waals surface area contributed by atoms with Gasteiger partial charge in [0.2, 0.25) is 11.8 Å². The van der Waals surface area contributed by atoms with Crippen LogP contribution in [0.2, 0.25) is 0 Å². The smallest absolute Gasteiger partial charge is 0.232 e. The van der Waals surface area contributed by atoms with Crippen molar-refractivity contribution in [3.8, 4) is 0 Å². The number of benzene rings is 1. The summed E-state index contributed by atoms with van der Waals surface area (Å²) < 4.78 is 1.70. The van der Waals surface area contributed by atoms with Crippen molar-refractivity contribution in [3.05, 3.63) is 47.8 Å². The molecule has 3 heterocycles. The minimum absolute atomic E-state index is 0.0902. The molecule has 2 amide bonds. The van der Waals surface area contributed by atoms with E-state index in [2.05, 4.69) is 20.7 Å². The standard InChI is InChI=1S/C18H17N5O2/c1-10-13-7-11(9-19-17(13)23(2)22-10)20-16(24)8-14-12-5-3-4-6-15(12)21-18(14)25/h3-7,9,14H,8H2,1-2H3,(H,20,24)(H,21,25). The highest BCUT2D eigenvalue weighted by atomic mass is 16.2. The highest BCUT2D eigenvalue weighted by Crippen LogP contribution is 2.34. The lowest BCUT2D eigenvalue weighted by molar-refractivity contribution is -0.122. The van der Waals surface area contributed by atoms with Gasteiger partial charge in [-0.1, -0.05) is 18.2 Å². The number of aromatic nitrogens is 3. The maximum Gasteiger partial charge on any atom is 0.232 e. The van der Waals surface area contributed by atoms with Crippen molar-refractivity contribution < 1.29 is 9.59 Å². The summed E-state index contributed by atoms with van der Waals surface area (Å²) in [6.07, 6.45) is 1.69. The molecule has 25 heavy (non-hydrogen) atoms. The molecule has 0 bridgehead atoms. The molecule has 3 aromatic rings. The van der Waals surface area contributed by atoms with E-state index < -0.39 is 5.92 Å². The summed E-state index contributed by atoms with van der Waals surface area (Å²) in [5, 5.41) is 10.8. The normalized spacial score (nSPS) is 15.9. The van der Waals surface area contributed by atoms with E-state index in [1.165, 1.54) is 0 Å². The second-order valence-corrected chi connectivity index (χ2v) is 6.19. The van der Waals surface area contributed by atoms with Crippen LogP contribution in [0.25, 0.3) is 11.0 Å². The van der Waals surface area contributed by atoms with Gasteiger partial charge in [0.1, 0.15) is 0 Å². The van der Waals surface area contributed by atoms with Gasteiger partial charge in [-0.15, -0.1) is 0 Å². The molecule has 0 saturated carbocycles. The zero-order valence-corrected chi connectivity index (χ0v) is 13.9. The molecule has 1 unspecified atom stereocenters. The van der Waals surface area contributed by atoms with Gasteiger partial charge < -0.3 is 10.6 Å². The third-order valence-corrected chi connectivity index (χ3v) is 4.45. The van der Waals surface area contributed by atoms with E-state index in [4.69, 9.17) is 0 Å². The Kier molecular flexibility index (Phi) is 3.49. The number of para-hydroxylation sites is 1. The molecule has 126 valence electrons. The molecule has 0 fully saturated rings. The molecule has 2 aromatic heterocycles. The molecule has 1 atom stereocenters. The first-order valence-electron chi connectivity index (χ1n) is 8.02. The number of hydrogen-bond acceptors (Lipinski definition) is 4. The third-order valence-electron chi connectivity index (χ3n) is 4.45. The lowest BCUT2D eigenvalue weighted by Crippen LogP contribution is -2.20. The Morgan fingerprint density at radius 2 is 2.16 bits per heavy atom. The van der Waals surface area contributed by atoms with Crippen LogP contribution in [-0.2, 0) is 16.6 Å². The van der Waals surface area contributed by atoms with Gasteiger partial charge in [0.25, 0.3) is 0 Å². The first kappa shape index (κ1) is 15.3. The molecule has 1 aliphatic rings. The van der Waals surface area contributed by atoms with E-state index in [0.29, 0.717) is 5.69 Å². The van der Waals surface area contributed by atoms with Gasteiger partial charge in [0.15, 0.2) is 5.65 Å². The number of fused-ring (bicyclic) bond motifs is 2. The van der Waals surface area contributed by atoms with Crippen molar-refractivity contribution in [3.63, 3.8) is 0 Å². The van der Waals surface area contributed by atoms with Gasteiger partial charge in [-0.25, -0.2) is 4.98 Å². The molecule has 0 radical (unpaired) electrons. The average Bonchev–Trinajstić information content (AvgIpc) is 3.04. The molecule has 7 heteroatoms. The quantitative estimate of drug-likeness (QED) is 0.769. The predicted octanol–water partition coefficient (Wildman–Crippen LogP) is 2.34. The lowest BCUT2D eigenvalue weighted by atomic mass is 9.97. The molecular weight excluding hydrogens is 318 g/mol. The molecule has 1 aliphatic heterocycles. The number of amides is 2. The van der Waals surface area contributed by atoms with E-state index in [1.54, 1.807) is 10.9 Å². The van der Waals surface area contributed by atoms with E-state index in [-0.39, 0.29) is 18.2 Å². The summed E-state index contributed by atoms with van der Waals surface area (Å²) >= 11 is 0. The number of anilines is 2. The van der Waals surface area contributed by atoms with E-state index in [9.17, 15) is 9.59 Å². The Labute approximate surface area is 144 Å². The van der Waals surface area contributed by atoms with Crippen LogP contribution in [-0.4, -0.2) is 26.6 Å². The Hall–Kier alpha value is -3.22. The van der Waals surface area contributed by atoms with E-state index >= 15 is 0 Å². The fourth-order valence-corrected chi connectivity index (χ4v) is 3.25. The summed E-state index contributed by atoms with van der Waals surface area (Å²) in [4.78, 5) is 28.9. The molecule has 1 aromatic carbocycles.